The van der Waals surface area contributed by atoms with Gasteiger partial charge in [-0.05, 0) is 19.3 Å². The van der Waals surface area contributed by atoms with Crippen molar-refractivity contribution in [3.8, 4) is 6.07 Å². The highest BCUT2D eigenvalue weighted by molar-refractivity contribution is 4.95. The number of hydrogen-bond acceptors (Lipinski definition) is 4. The summed E-state index contributed by atoms with van der Waals surface area (Å²) < 4.78 is 10.2. The Kier molecular flexibility index (Phi) is 5.53. The summed E-state index contributed by atoms with van der Waals surface area (Å²) in [5.74, 6) is 0. The van der Waals surface area contributed by atoms with E-state index in [4.69, 9.17) is 14.7 Å². The molecule has 0 spiro atoms. The summed E-state index contributed by atoms with van der Waals surface area (Å²) in [6.07, 6.45) is 3.28. The Hall–Kier alpha value is -0.630. The van der Waals surface area contributed by atoms with E-state index in [0.29, 0.717) is 25.9 Å². The van der Waals surface area contributed by atoms with E-state index in [1.807, 2.05) is 0 Å². The minimum Gasteiger partial charge on any atom is -0.385 e. The smallest absolute Gasteiger partial charge is 0.119 e. The summed E-state index contributed by atoms with van der Waals surface area (Å²) in [6.45, 7) is 1.86. The number of nitriles is 1. The monoisotopic (exact) mass is 198 g/mol. The van der Waals surface area contributed by atoms with Gasteiger partial charge in [0.1, 0.15) is 6.04 Å². The number of rotatable bonds is 8. The predicted octanol–water partition coefficient (Wildman–Crippen LogP) is 0.684. The van der Waals surface area contributed by atoms with Crippen LogP contribution in [0.1, 0.15) is 19.3 Å². The average molecular weight is 198 g/mol. The van der Waals surface area contributed by atoms with Crippen molar-refractivity contribution in [1.29, 1.82) is 5.26 Å². The largest absolute Gasteiger partial charge is 0.385 e. The van der Waals surface area contributed by atoms with Gasteiger partial charge in [-0.1, -0.05) is 0 Å². The van der Waals surface area contributed by atoms with E-state index in [0.717, 1.165) is 6.42 Å². The first-order valence-electron chi connectivity index (χ1n) is 5.09. The van der Waals surface area contributed by atoms with Crippen molar-refractivity contribution in [1.82, 2.24) is 5.32 Å². The van der Waals surface area contributed by atoms with Crippen LogP contribution in [0.25, 0.3) is 0 Å². The van der Waals surface area contributed by atoms with Crippen molar-refractivity contribution in [2.75, 3.05) is 26.9 Å². The van der Waals surface area contributed by atoms with Gasteiger partial charge in [-0.15, -0.1) is 0 Å². The van der Waals surface area contributed by atoms with Crippen molar-refractivity contribution in [3.63, 3.8) is 0 Å². The molecule has 0 radical (unpaired) electrons. The van der Waals surface area contributed by atoms with Gasteiger partial charge < -0.3 is 9.47 Å². The lowest BCUT2D eigenvalue weighted by molar-refractivity contribution is 0.0954. The zero-order valence-corrected chi connectivity index (χ0v) is 8.66. The molecule has 4 heteroatoms. The van der Waals surface area contributed by atoms with Gasteiger partial charge in [0, 0.05) is 26.4 Å². The van der Waals surface area contributed by atoms with Crippen molar-refractivity contribution in [2.45, 2.75) is 31.3 Å². The van der Waals surface area contributed by atoms with Gasteiger partial charge in [0.05, 0.1) is 12.7 Å². The molecule has 0 heterocycles. The molecule has 1 N–H and O–H groups in total. The Morgan fingerprint density at radius 3 is 2.86 bits per heavy atom. The zero-order valence-electron chi connectivity index (χ0n) is 8.66. The molecular weight excluding hydrogens is 180 g/mol. The van der Waals surface area contributed by atoms with Gasteiger partial charge in [-0.3, -0.25) is 5.32 Å². The number of hydrogen-bond donors (Lipinski definition) is 1. The van der Waals surface area contributed by atoms with E-state index in [2.05, 4.69) is 11.4 Å². The molecule has 1 fully saturated rings. The SMILES string of the molecule is COCCCOCC(C#N)NC1CC1. The van der Waals surface area contributed by atoms with E-state index in [1.54, 1.807) is 7.11 Å². The van der Waals surface area contributed by atoms with E-state index in [1.165, 1.54) is 12.8 Å². The van der Waals surface area contributed by atoms with Gasteiger partial charge >= 0.3 is 0 Å². The number of nitrogens with zero attached hydrogens (tertiary/aromatic N) is 1. The first kappa shape index (κ1) is 11.4. The van der Waals surface area contributed by atoms with Crippen molar-refractivity contribution in [3.05, 3.63) is 0 Å². The van der Waals surface area contributed by atoms with E-state index < -0.39 is 0 Å². The van der Waals surface area contributed by atoms with Crippen LogP contribution in [0.15, 0.2) is 0 Å². The molecule has 0 aromatic carbocycles. The highest BCUT2D eigenvalue weighted by atomic mass is 16.5. The Morgan fingerprint density at radius 1 is 1.50 bits per heavy atom. The van der Waals surface area contributed by atoms with Crippen LogP contribution in [-0.4, -0.2) is 39.0 Å². The molecule has 1 aliphatic carbocycles. The van der Waals surface area contributed by atoms with Gasteiger partial charge in [0.2, 0.25) is 0 Å². The molecule has 0 aliphatic heterocycles. The molecule has 0 amide bonds. The fourth-order valence-corrected chi connectivity index (χ4v) is 1.16. The molecule has 0 bridgehead atoms. The second kappa shape index (κ2) is 6.77. The van der Waals surface area contributed by atoms with Crippen LogP contribution in [0.4, 0.5) is 0 Å². The van der Waals surface area contributed by atoms with Crippen LogP contribution in [0.2, 0.25) is 0 Å². The lowest BCUT2D eigenvalue weighted by Gasteiger charge is -2.10. The number of nitrogens with one attached hydrogen (secondary N) is 1. The Labute approximate surface area is 85.2 Å². The molecule has 0 aromatic rings. The van der Waals surface area contributed by atoms with Crippen LogP contribution in [0, 0.1) is 11.3 Å². The summed E-state index contributed by atoms with van der Waals surface area (Å²) in [4.78, 5) is 0. The van der Waals surface area contributed by atoms with Crippen molar-refractivity contribution >= 4 is 0 Å². The normalized spacial score (nSPS) is 17.7. The molecule has 1 aliphatic rings. The molecule has 80 valence electrons. The fourth-order valence-electron chi connectivity index (χ4n) is 1.16. The molecule has 1 atom stereocenters. The third-order valence-electron chi connectivity index (χ3n) is 2.09. The molecule has 1 rings (SSSR count). The minimum atomic E-state index is -0.148. The third-order valence-corrected chi connectivity index (χ3v) is 2.09. The Bertz CT molecular complexity index is 187. The maximum atomic E-state index is 8.79. The Morgan fingerprint density at radius 2 is 2.29 bits per heavy atom. The van der Waals surface area contributed by atoms with E-state index in [9.17, 15) is 0 Å². The molecule has 1 unspecified atom stereocenters. The van der Waals surface area contributed by atoms with Crippen LogP contribution in [-0.2, 0) is 9.47 Å². The van der Waals surface area contributed by atoms with E-state index in [-0.39, 0.29) is 6.04 Å². The lowest BCUT2D eigenvalue weighted by Crippen LogP contribution is -2.33. The maximum absolute atomic E-state index is 8.79. The highest BCUT2D eigenvalue weighted by Gasteiger charge is 2.24. The summed E-state index contributed by atoms with van der Waals surface area (Å²) >= 11 is 0. The predicted molar refractivity (Wildman–Crippen MR) is 52.9 cm³/mol. The third kappa shape index (κ3) is 5.18. The van der Waals surface area contributed by atoms with Crippen LogP contribution in [0.3, 0.4) is 0 Å². The second-order valence-electron chi connectivity index (χ2n) is 3.54. The summed E-state index contributed by atoms with van der Waals surface area (Å²) in [6, 6.07) is 2.61. The number of ether oxygens (including phenoxy) is 2. The standard InChI is InChI=1S/C10H18N2O2/c1-13-5-2-6-14-8-10(7-11)12-9-3-4-9/h9-10,12H,2-6,8H2,1H3. The number of methoxy groups -OCH3 is 1. The van der Waals surface area contributed by atoms with E-state index >= 15 is 0 Å². The second-order valence-corrected chi connectivity index (χ2v) is 3.54. The van der Waals surface area contributed by atoms with Crippen LogP contribution >= 0.6 is 0 Å². The van der Waals surface area contributed by atoms with Crippen LogP contribution < -0.4 is 5.32 Å². The maximum Gasteiger partial charge on any atom is 0.119 e. The highest BCUT2D eigenvalue weighted by Crippen LogP contribution is 2.19. The quantitative estimate of drug-likeness (QED) is 0.583. The molecule has 0 aromatic heterocycles. The molecular formula is C10H18N2O2. The first-order valence-corrected chi connectivity index (χ1v) is 5.09. The average Bonchev–Trinajstić information content (AvgIpc) is 2.99. The summed E-state index contributed by atoms with van der Waals surface area (Å²) in [5.41, 5.74) is 0. The lowest BCUT2D eigenvalue weighted by atomic mass is 10.3. The molecule has 14 heavy (non-hydrogen) atoms. The fraction of sp³-hybridized carbons (Fsp3) is 0.900. The Balaban J connectivity index is 1.94. The van der Waals surface area contributed by atoms with Crippen molar-refractivity contribution in [2.24, 2.45) is 0 Å². The zero-order chi connectivity index (χ0) is 10.2. The van der Waals surface area contributed by atoms with Crippen LogP contribution in [0.5, 0.6) is 0 Å². The van der Waals surface area contributed by atoms with Gasteiger partial charge in [-0.2, -0.15) is 5.26 Å². The molecule has 0 saturated heterocycles. The summed E-state index contributed by atoms with van der Waals surface area (Å²) in [7, 11) is 1.67. The van der Waals surface area contributed by atoms with Gasteiger partial charge in [0.15, 0.2) is 0 Å². The molecule has 1 saturated carbocycles. The van der Waals surface area contributed by atoms with Gasteiger partial charge in [-0.25, -0.2) is 0 Å². The first-order chi connectivity index (χ1) is 6.86. The van der Waals surface area contributed by atoms with Crippen molar-refractivity contribution < 1.29 is 9.47 Å². The topological polar surface area (TPSA) is 54.3 Å². The minimum absolute atomic E-state index is 0.148. The van der Waals surface area contributed by atoms with Gasteiger partial charge in [0.25, 0.3) is 0 Å². The summed E-state index contributed by atoms with van der Waals surface area (Å²) in [5, 5.41) is 12.0. The molecule has 4 nitrogen and oxygen atoms in total.